The predicted octanol–water partition coefficient (Wildman–Crippen LogP) is 1.50. The summed E-state index contributed by atoms with van der Waals surface area (Å²) in [7, 11) is 2.98. The number of hydrogen-bond acceptors (Lipinski definition) is 4. The van der Waals surface area contributed by atoms with Gasteiger partial charge in [0.1, 0.15) is 12.2 Å². The number of carbonyl (C=O) groups is 2. The van der Waals surface area contributed by atoms with Crippen LogP contribution in [0.5, 0.6) is 0 Å². The van der Waals surface area contributed by atoms with E-state index in [1.165, 1.54) is 12.0 Å². The van der Waals surface area contributed by atoms with Crippen LogP contribution in [0.4, 0.5) is 0 Å². The molecule has 3 rings (SSSR count). The first-order chi connectivity index (χ1) is 11.0. The maximum atomic E-state index is 12.1. The lowest BCUT2D eigenvalue weighted by molar-refractivity contribution is -0.141. The van der Waals surface area contributed by atoms with Crippen molar-refractivity contribution in [1.29, 1.82) is 0 Å². The van der Waals surface area contributed by atoms with Gasteiger partial charge in [-0.1, -0.05) is 18.2 Å². The standard InChI is InChI=1S/C16H15N3O3S/c1-18-15(21)12(17-16(18)23)7-10-8-19(9-14(20)22-2)13-6-4-3-5-11(10)13/h3-8H,9H2,1-2H3,(H,17,23)/b12-7-. The van der Waals surface area contributed by atoms with Crippen LogP contribution in [0.3, 0.4) is 0 Å². The Morgan fingerprint density at radius 1 is 1.39 bits per heavy atom. The minimum atomic E-state index is -0.332. The molecule has 1 aromatic carbocycles. The highest BCUT2D eigenvalue weighted by Crippen LogP contribution is 2.24. The number of ether oxygens (including phenoxy) is 1. The molecule has 0 spiro atoms. The first-order valence-electron chi connectivity index (χ1n) is 6.96. The Kier molecular flexibility index (Phi) is 3.87. The lowest BCUT2D eigenvalue weighted by Crippen LogP contribution is -2.25. The Labute approximate surface area is 138 Å². The molecule has 1 saturated heterocycles. The Bertz CT molecular complexity index is 853. The molecule has 6 nitrogen and oxygen atoms in total. The molecule has 1 amide bonds. The quantitative estimate of drug-likeness (QED) is 0.525. The first kappa shape index (κ1) is 15.2. The lowest BCUT2D eigenvalue weighted by atomic mass is 10.1. The number of amides is 1. The van der Waals surface area contributed by atoms with Crippen LogP contribution in [0.15, 0.2) is 36.2 Å². The number of nitrogens with one attached hydrogen (secondary N) is 1. The highest BCUT2D eigenvalue weighted by Gasteiger charge is 2.27. The highest BCUT2D eigenvalue weighted by atomic mass is 32.1. The summed E-state index contributed by atoms with van der Waals surface area (Å²) in [5, 5.41) is 4.21. The van der Waals surface area contributed by atoms with Gasteiger partial charge in [0.25, 0.3) is 5.91 Å². The normalized spacial score (nSPS) is 16.3. The van der Waals surface area contributed by atoms with Crippen LogP contribution < -0.4 is 5.32 Å². The van der Waals surface area contributed by atoms with Crippen LogP contribution in [0.25, 0.3) is 17.0 Å². The number of carbonyl (C=O) groups excluding carboxylic acids is 2. The molecule has 1 aromatic heterocycles. The fourth-order valence-electron chi connectivity index (χ4n) is 2.50. The first-order valence-corrected chi connectivity index (χ1v) is 7.37. The molecule has 1 aliphatic heterocycles. The summed E-state index contributed by atoms with van der Waals surface area (Å²) in [5.74, 6) is -0.513. The molecule has 1 fully saturated rings. The molecular weight excluding hydrogens is 314 g/mol. The van der Waals surface area contributed by atoms with Crippen molar-refractivity contribution in [3.05, 3.63) is 41.7 Å². The van der Waals surface area contributed by atoms with Crippen molar-refractivity contribution in [2.75, 3.05) is 14.2 Å². The fraction of sp³-hybridized carbons (Fsp3) is 0.188. The van der Waals surface area contributed by atoms with Crippen LogP contribution in [-0.2, 0) is 20.9 Å². The summed E-state index contributed by atoms with van der Waals surface area (Å²) < 4.78 is 6.53. The predicted molar refractivity (Wildman–Crippen MR) is 90.4 cm³/mol. The third-order valence-corrected chi connectivity index (χ3v) is 4.10. The van der Waals surface area contributed by atoms with Gasteiger partial charge in [0, 0.05) is 29.7 Å². The number of nitrogens with zero attached hydrogens (tertiary/aromatic N) is 2. The third-order valence-electron chi connectivity index (χ3n) is 3.73. The van der Waals surface area contributed by atoms with Crippen molar-refractivity contribution in [3.63, 3.8) is 0 Å². The molecule has 0 unspecified atom stereocenters. The van der Waals surface area contributed by atoms with E-state index in [0.717, 1.165) is 16.5 Å². The number of benzene rings is 1. The van der Waals surface area contributed by atoms with Crippen molar-refractivity contribution in [2.24, 2.45) is 0 Å². The summed E-state index contributed by atoms with van der Waals surface area (Å²) in [6.45, 7) is 0.111. The molecule has 0 radical (unpaired) electrons. The molecular formula is C16H15N3O3S. The SMILES string of the molecule is COC(=O)Cn1cc(/C=C2\NC(=S)N(C)C2=O)c2ccccc21. The number of fused-ring (bicyclic) bond motifs is 1. The zero-order valence-electron chi connectivity index (χ0n) is 12.7. The Morgan fingerprint density at radius 3 is 2.78 bits per heavy atom. The van der Waals surface area contributed by atoms with Gasteiger partial charge in [0.15, 0.2) is 5.11 Å². The molecule has 118 valence electrons. The van der Waals surface area contributed by atoms with Gasteiger partial charge in [-0.15, -0.1) is 0 Å². The minimum absolute atomic E-state index is 0.111. The summed E-state index contributed by atoms with van der Waals surface area (Å²) >= 11 is 5.07. The molecule has 2 aromatic rings. The monoisotopic (exact) mass is 329 g/mol. The smallest absolute Gasteiger partial charge is 0.325 e. The van der Waals surface area contributed by atoms with Gasteiger partial charge in [-0.2, -0.15) is 0 Å². The summed E-state index contributed by atoms with van der Waals surface area (Å²) in [6, 6.07) is 7.67. The second-order valence-electron chi connectivity index (χ2n) is 5.16. The topological polar surface area (TPSA) is 63.6 Å². The van der Waals surface area contributed by atoms with Crippen molar-refractivity contribution < 1.29 is 14.3 Å². The molecule has 2 heterocycles. The van der Waals surface area contributed by atoms with Gasteiger partial charge >= 0.3 is 5.97 Å². The molecule has 0 atom stereocenters. The number of methoxy groups -OCH3 is 1. The van der Waals surface area contributed by atoms with E-state index in [1.807, 2.05) is 30.5 Å². The number of esters is 1. The van der Waals surface area contributed by atoms with Gasteiger partial charge in [-0.25, -0.2) is 0 Å². The number of hydrogen-bond donors (Lipinski definition) is 1. The maximum Gasteiger partial charge on any atom is 0.325 e. The summed E-state index contributed by atoms with van der Waals surface area (Å²) in [6.07, 6.45) is 3.57. The molecule has 23 heavy (non-hydrogen) atoms. The second-order valence-corrected chi connectivity index (χ2v) is 5.54. The van der Waals surface area contributed by atoms with E-state index in [4.69, 9.17) is 17.0 Å². The van der Waals surface area contributed by atoms with E-state index in [0.29, 0.717) is 10.8 Å². The van der Waals surface area contributed by atoms with Gasteiger partial charge in [0.05, 0.1) is 7.11 Å². The molecule has 7 heteroatoms. The van der Waals surface area contributed by atoms with E-state index in [1.54, 1.807) is 17.7 Å². The molecule has 1 aliphatic rings. The number of para-hydroxylation sites is 1. The van der Waals surface area contributed by atoms with Gasteiger partial charge in [0.2, 0.25) is 0 Å². The van der Waals surface area contributed by atoms with Crippen molar-refractivity contribution in [1.82, 2.24) is 14.8 Å². The van der Waals surface area contributed by atoms with Crippen LogP contribution in [0, 0.1) is 0 Å². The van der Waals surface area contributed by atoms with Gasteiger partial charge in [-0.3, -0.25) is 14.5 Å². The van der Waals surface area contributed by atoms with Crippen LogP contribution in [0.1, 0.15) is 5.56 Å². The van der Waals surface area contributed by atoms with Crippen molar-refractivity contribution >= 4 is 46.2 Å². The Balaban J connectivity index is 2.07. The maximum absolute atomic E-state index is 12.1. The average Bonchev–Trinajstić information content (AvgIpc) is 3.01. The van der Waals surface area contributed by atoms with Gasteiger partial charge in [-0.05, 0) is 24.4 Å². The number of rotatable bonds is 3. The number of aromatic nitrogens is 1. The van der Waals surface area contributed by atoms with E-state index >= 15 is 0 Å². The van der Waals surface area contributed by atoms with Gasteiger partial charge < -0.3 is 14.6 Å². The minimum Gasteiger partial charge on any atom is -0.468 e. The Hall–Kier alpha value is -2.67. The Morgan fingerprint density at radius 2 is 2.13 bits per heavy atom. The van der Waals surface area contributed by atoms with Crippen molar-refractivity contribution in [2.45, 2.75) is 6.54 Å². The number of thiocarbonyl (C=S) groups is 1. The van der Waals surface area contributed by atoms with Crippen LogP contribution in [-0.4, -0.2) is 40.6 Å². The van der Waals surface area contributed by atoms with E-state index in [9.17, 15) is 9.59 Å². The lowest BCUT2D eigenvalue weighted by Gasteiger charge is -2.02. The van der Waals surface area contributed by atoms with Crippen LogP contribution in [0.2, 0.25) is 0 Å². The molecule has 0 aliphatic carbocycles. The molecule has 1 N–H and O–H groups in total. The number of likely N-dealkylation sites (N-methyl/N-ethyl adjacent to an activating group) is 1. The molecule has 0 bridgehead atoms. The highest BCUT2D eigenvalue weighted by molar-refractivity contribution is 7.80. The largest absolute Gasteiger partial charge is 0.468 e. The average molecular weight is 329 g/mol. The fourth-order valence-corrected chi connectivity index (χ4v) is 2.70. The van der Waals surface area contributed by atoms with Crippen molar-refractivity contribution in [3.8, 4) is 0 Å². The van der Waals surface area contributed by atoms with Crippen LogP contribution >= 0.6 is 12.2 Å². The summed E-state index contributed by atoms with van der Waals surface area (Å²) in [5.41, 5.74) is 2.14. The van der Waals surface area contributed by atoms with E-state index in [-0.39, 0.29) is 18.4 Å². The summed E-state index contributed by atoms with van der Waals surface area (Å²) in [4.78, 5) is 25.1. The second kappa shape index (κ2) is 5.85. The van der Waals surface area contributed by atoms with E-state index < -0.39 is 0 Å². The zero-order valence-corrected chi connectivity index (χ0v) is 13.5. The molecule has 0 saturated carbocycles. The zero-order chi connectivity index (χ0) is 16.6. The van der Waals surface area contributed by atoms with E-state index in [2.05, 4.69) is 5.32 Å². The third kappa shape index (κ3) is 2.70.